The first-order valence-corrected chi connectivity index (χ1v) is 9.18. The van der Waals surface area contributed by atoms with Crippen molar-refractivity contribution in [1.29, 1.82) is 0 Å². The summed E-state index contributed by atoms with van der Waals surface area (Å²) >= 11 is 0. The Morgan fingerprint density at radius 1 is 0.583 bits per heavy atom. The largest absolute Gasteiger partial charge is 0.0590 e. The van der Waals surface area contributed by atoms with Gasteiger partial charge in [-0.15, -0.1) is 0 Å². The fraction of sp³-hybridized carbons (Fsp3) is 0.500. The molecule has 0 N–H and O–H groups in total. The van der Waals surface area contributed by atoms with Gasteiger partial charge in [0.15, 0.2) is 0 Å². The Bertz CT molecular complexity index is 653. The molecule has 0 nitrogen and oxygen atoms in total. The van der Waals surface area contributed by atoms with Gasteiger partial charge >= 0.3 is 0 Å². The number of aryl methyl sites for hydroxylation is 4. The summed E-state index contributed by atoms with van der Waals surface area (Å²) in [7, 11) is 0. The highest BCUT2D eigenvalue weighted by atomic mass is 14.3. The monoisotopic (exact) mass is 322 g/mol. The van der Waals surface area contributed by atoms with E-state index in [2.05, 4.69) is 91.8 Å². The zero-order valence-electron chi connectivity index (χ0n) is 16.9. The average Bonchev–Trinajstić information content (AvgIpc) is 2.50. The fourth-order valence-electron chi connectivity index (χ4n) is 3.82. The molecule has 0 unspecified atom stereocenters. The molecule has 2 aromatic carbocycles. The zero-order valence-corrected chi connectivity index (χ0v) is 16.9. The van der Waals surface area contributed by atoms with Crippen LogP contribution in [0.5, 0.6) is 0 Å². The van der Waals surface area contributed by atoms with E-state index >= 15 is 0 Å². The molecule has 0 bridgehead atoms. The van der Waals surface area contributed by atoms with Crippen molar-refractivity contribution in [3.8, 4) is 0 Å². The van der Waals surface area contributed by atoms with E-state index in [9.17, 15) is 0 Å². The Balaban J connectivity index is 2.24. The Kier molecular flexibility index (Phi) is 5.28. The Labute approximate surface area is 149 Å². The lowest BCUT2D eigenvalue weighted by Crippen LogP contribution is -2.25. The minimum absolute atomic E-state index is 0.200. The average molecular weight is 323 g/mol. The van der Waals surface area contributed by atoms with Gasteiger partial charge in [-0.1, -0.05) is 75.2 Å². The van der Waals surface area contributed by atoms with Gasteiger partial charge in [0.1, 0.15) is 0 Å². The number of benzene rings is 2. The van der Waals surface area contributed by atoms with E-state index in [1.807, 2.05) is 0 Å². The second-order valence-corrected chi connectivity index (χ2v) is 8.90. The van der Waals surface area contributed by atoms with Crippen LogP contribution >= 0.6 is 0 Å². The maximum Gasteiger partial charge on any atom is -0.0101 e. The Hall–Kier alpha value is -1.56. The summed E-state index contributed by atoms with van der Waals surface area (Å²) in [5, 5.41) is 0. The quantitative estimate of drug-likeness (QED) is 0.558. The standard InChI is InChI=1S/C24H34/c1-17-9-11-19(3)21(15-17)23(5,6)13-14-24(7,8)22-16-18(2)10-12-20(22)4/h9-12,15-16H,13-14H2,1-8H3. The van der Waals surface area contributed by atoms with Gasteiger partial charge in [0.2, 0.25) is 0 Å². The second-order valence-electron chi connectivity index (χ2n) is 8.90. The molecule has 0 aliphatic carbocycles. The predicted molar refractivity (Wildman–Crippen MR) is 107 cm³/mol. The van der Waals surface area contributed by atoms with Crippen LogP contribution in [-0.2, 0) is 10.8 Å². The molecule has 0 aromatic heterocycles. The van der Waals surface area contributed by atoms with E-state index in [4.69, 9.17) is 0 Å². The first kappa shape index (κ1) is 18.8. The highest BCUT2D eigenvalue weighted by Gasteiger charge is 2.29. The molecule has 0 saturated heterocycles. The van der Waals surface area contributed by atoms with Crippen LogP contribution in [0.4, 0.5) is 0 Å². The van der Waals surface area contributed by atoms with Gasteiger partial charge in [0.05, 0.1) is 0 Å². The summed E-state index contributed by atoms with van der Waals surface area (Å²) in [6, 6.07) is 13.7. The normalized spacial score (nSPS) is 12.5. The molecule has 0 atom stereocenters. The topological polar surface area (TPSA) is 0 Å². The maximum absolute atomic E-state index is 2.40. The molecule has 0 saturated carbocycles. The molecule has 24 heavy (non-hydrogen) atoms. The van der Waals surface area contributed by atoms with E-state index < -0.39 is 0 Å². The molecule has 2 rings (SSSR count). The van der Waals surface area contributed by atoms with Gasteiger partial charge in [-0.25, -0.2) is 0 Å². The van der Waals surface area contributed by atoms with Crippen LogP contribution in [0.1, 0.15) is 73.9 Å². The van der Waals surface area contributed by atoms with Gasteiger partial charge in [-0.3, -0.25) is 0 Å². The van der Waals surface area contributed by atoms with E-state index in [1.54, 1.807) is 0 Å². The molecule has 0 aliphatic rings. The van der Waals surface area contributed by atoms with E-state index in [-0.39, 0.29) is 10.8 Å². The number of rotatable bonds is 5. The van der Waals surface area contributed by atoms with Gasteiger partial charge in [0.25, 0.3) is 0 Å². The maximum atomic E-state index is 2.40. The van der Waals surface area contributed by atoms with E-state index in [1.165, 1.54) is 46.2 Å². The van der Waals surface area contributed by atoms with Crippen LogP contribution in [0, 0.1) is 27.7 Å². The van der Waals surface area contributed by atoms with Gasteiger partial charge < -0.3 is 0 Å². The van der Waals surface area contributed by atoms with Gasteiger partial charge in [-0.2, -0.15) is 0 Å². The first-order valence-electron chi connectivity index (χ1n) is 9.18. The second kappa shape index (κ2) is 6.75. The minimum atomic E-state index is 0.200. The number of hydrogen-bond acceptors (Lipinski definition) is 0. The molecule has 0 amide bonds. The summed E-state index contributed by atoms with van der Waals surface area (Å²) in [5.41, 5.74) is 8.94. The van der Waals surface area contributed by atoms with Crippen molar-refractivity contribution in [3.05, 3.63) is 69.8 Å². The lowest BCUT2D eigenvalue weighted by Gasteiger charge is -2.34. The summed E-state index contributed by atoms with van der Waals surface area (Å²) < 4.78 is 0. The first-order chi connectivity index (χ1) is 11.0. The van der Waals surface area contributed by atoms with Crippen LogP contribution in [0.3, 0.4) is 0 Å². The molecular weight excluding hydrogens is 288 g/mol. The highest BCUT2D eigenvalue weighted by Crippen LogP contribution is 2.38. The third-order valence-electron chi connectivity index (χ3n) is 5.62. The van der Waals surface area contributed by atoms with Crippen molar-refractivity contribution < 1.29 is 0 Å². The van der Waals surface area contributed by atoms with Gasteiger partial charge in [0, 0.05) is 0 Å². The smallest absolute Gasteiger partial charge is 0.0101 e. The van der Waals surface area contributed by atoms with Crippen LogP contribution in [0.25, 0.3) is 0 Å². The molecule has 0 radical (unpaired) electrons. The minimum Gasteiger partial charge on any atom is -0.0590 e. The molecule has 0 heterocycles. The summed E-state index contributed by atoms with van der Waals surface area (Å²) in [6.07, 6.45) is 2.38. The third-order valence-corrected chi connectivity index (χ3v) is 5.62. The Morgan fingerprint density at radius 2 is 0.917 bits per heavy atom. The predicted octanol–water partition coefficient (Wildman–Crippen LogP) is 6.96. The van der Waals surface area contributed by atoms with Crippen LogP contribution in [-0.4, -0.2) is 0 Å². The van der Waals surface area contributed by atoms with Crippen molar-refractivity contribution in [2.45, 2.75) is 79.1 Å². The fourth-order valence-corrected chi connectivity index (χ4v) is 3.82. The lowest BCUT2D eigenvalue weighted by molar-refractivity contribution is 0.372. The molecule has 0 heteroatoms. The van der Waals surface area contributed by atoms with Gasteiger partial charge in [-0.05, 0) is 73.6 Å². The van der Waals surface area contributed by atoms with Crippen LogP contribution in [0.2, 0.25) is 0 Å². The molecule has 0 spiro atoms. The van der Waals surface area contributed by atoms with Crippen molar-refractivity contribution in [2.24, 2.45) is 0 Å². The lowest BCUT2D eigenvalue weighted by atomic mass is 9.71. The SMILES string of the molecule is Cc1ccc(C)c(C(C)(C)CCC(C)(C)c2cc(C)ccc2C)c1. The summed E-state index contributed by atoms with van der Waals surface area (Å²) in [6.45, 7) is 18.5. The molecule has 130 valence electrons. The molecule has 0 aliphatic heterocycles. The summed E-state index contributed by atoms with van der Waals surface area (Å²) in [5.74, 6) is 0. The highest BCUT2D eigenvalue weighted by molar-refractivity contribution is 5.38. The van der Waals surface area contributed by atoms with Crippen molar-refractivity contribution in [3.63, 3.8) is 0 Å². The third kappa shape index (κ3) is 4.09. The number of hydrogen-bond donors (Lipinski definition) is 0. The Morgan fingerprint density at radius 3 is 1.25 bits per heavy atom. The summed E-state index contributed by atoms with van der Waals surface area (Å²) in [4.78, 5) is 0. The van der Waals surface area contributed by atoms with Crippen molar-refractivity contribution >= 4 is 0 Å². The molecule has 2 aromatic rings. The van der Waals surface area contributed by atoms with Crippen molar-refractivity contribution in [2.75, 3.05) is 0 Å². The van der Waals surface area contributed by atoms with E-state index in [0.29, 0.717) is 0 Å². The van der Waals surface area contributed by atoms with Crippen LogP contribution in [0.15, 0.2) is 36.4 Å². The zero-order chi connectivity index (χ0) is 18.1. The van der Waals surface area contributed by atoms with Crippen LogP contribution < -0.4 is 0 Å². The van der Waals surface area contributed by atoms with Crippen molar-refractivity contribution in [1.82, 2.24) is 0 Å². The molecule has 0 fully saturated rings. The van der Waals surface area contributed by atoms with E-state index in [0.717, 1.165) is 0 Å². The molecular formula is C24H34.